The van der Waals surface area contributed by atoms with E-state index in [9.17, 15) is 8.96 Å². The van der Waals surface area contributed by atoms with Gasteiger partial charge in [-0.1, -0.05) is 6.07 Å². The van der Waals surface area contributed by atoms with Crippen molar-refractivity contribution in [2.24, 2.45) is 5.84 Å². The van der Waals surface area contributed by atoms with Crippen molar-refractivity contribution in [1.29, 1.82) is 0 Å². The predicted molar refractivity (Wildman–Crippen MR) is 44.2 cm³/mol. The van der Waals surface area contributed by atoms with Crippen LogP contribution in [0.5, 0.6) is 5.75 Å². The zero-order chi connectivity index (χ0) is 9.90. The Kier molecular flexibility index (Phi) is 3.00. The number of nitrogens with one attached hydrogen (secondary N) is 1. The molecule has 0 aliphatic rings. The van der Waals surface area contributed by atoms with Gasteiger partial charge in [-0.2, -0.15) is 5.20 Å². The third-order valence-electron chi connectivity index (χ3n) is 1.19. The topological polar surface area (TPSA) is 84.6 Å². The number of halogens is 1. The number of hydrogen-bond acceptors (Lipinski definition) is 3. The fraction of sp³-hybridized carbons (Fsp3) is 0. The molecule has 0 radical (unpaired) electrons. The highest BCUT2D eigenvalue weighted by Crippen LogP contribution is 2.36. The van der Waals surface area contributed by atoms with Crippen molar-refractivity contribution in [1.82, 2.24) is 5.20 Å². The van der Waals surface area contributed by atoms with Crippen LogP contribution in [0.3, 0.4) is 0 Å². The molecule has 0 fully saturated rings. The normalized spacial score (nSPS) is 15.0. The molecule has 13 heavy (non-hydrogen) atoms. The van der Waals surface area contributed by atoms with E-state index in [-0.39, 0.29) is 5.75 Å². The third kappa shape index (κ3) is 3.12. The van der Waals surface area contributed by atoms with Crippen molar-refractivity contribution in [3.63, 3.8) is 0 Å². The van der Waals surface area contributed by atoms with Crippen molar-refractivity contribution < 1.29 is 18.4 Å². The van der Waals surface area contributed by atoms with E-state index in [1.165, 1.54) is 18.2 Å². The van der Waals surface area contributed by atoms with Gasteiger partial charge in [-0.05, 0) is 12.1 Å². The Morgan fingerprint density at radius 3 is 2.85 bits per heavy atom. The Morgan fingerprint density at radius 1 is 1.62 bits per heavy atom. The molecule has 1 rings (SSSR count). The van der Waals surface area contributed by atoms with E-state index < -0.39 is 13.6 Å². The van der Waals surface area contributed by atoms with Crippen LogP contribution in [0, 0.1) is 5.82 Å². The van der Waals surface area contributed by atoms with Crippen LogP contribution >= 0.6 is 7.75 Å². The molecule has 0 amide bonds. The summed E-state index contributed by atoms with van der Waals surface area (Å²) in [7, 11) is -4.05. The first-order valence-corrected chi connectivity index (χ1v) is 4.87. The van der Waals surface area contributed by atoms with Gasteiger partial charge in [-0.15, -0.1) is 0 Å². The number of hydrogen-bond donors (Lipinski definition) is 3. The van der Waals surface area contributed by atoms with Gasteiger partial charge >= 0.3 is 7.75 Å². The first-order valence-electron chi connectivity index (χ1n) is 3.29. The van der Waals surface area contributed by atoms with Gasteiger partial charge in [0, 0.05) is 6.07 Å². The molecule has 0 aromatic heterocycles. The van der Waals surface area contributed by atoms with Crippen molar-refractivity contribution in [3.8, 4) is 5.75 Å². The maximum atomic E-state index is 12.5. The highest BCUT2D eigenvalue weighted by molar-refractivity contribution is 7.50. The van der Waals surface area contributed by atoms with Crippen molar-refractivity contribution in [2.45, 2.75) is 0 Å². The molecule has 0 saturated carbocycles. The smallest absolute Gasteiger partial charge is 0.412 e. The zero-order valence-corrected chi connectivity index (χ0v) is 7.37. The van der Waals surface area contributed by atoms with E-state index in [0.29, 0.717) is 0 Å². The Labute approximate surface area is 73.9 Å². The molecule has 0 spiro atoms. The zero-order valence-electron chi connectivity index (χ0n) is 6.48. The molecule has 0 aliphatic carbocycles. The van der Waals surface area contributed by atoms with Gasteiger partial charge in [0.1, 0.15) is 11.6 Å². The summed E-state index contributed by atoms with van der Waals surface area (Å²) >= 11 is 0. The monoisotopic (exact) mass is 206 g/mol. The molecule has 1 aromatic carbocycles. The minimum atomic E-state index is -4.05. The van der Waals surface area contributed by atoms with Gasteiger partial charge in [0.2, 0.25) is 0 Å². The third-order valence-corrected chi connectivity index (χ3v) is 1.97. The van der Waals surface area contributed by atoms with Crippen molar-refractivity contribution in [3.05, 3.63) is 30.1 Å². The average molecular weight is 206 g/mol. The molecule has 0 saturated heterocycles. The second kappa shape index (κ2) is 3.85. The molecule has 1 atom stereocenters. The summed E-state index contributed by atoms with van der Waals surface area (Å²) in [6.45, 7) is 0. The number of benzene rings is 1. The van der Waals surface area contributed by atoms with Crippen LogP contribution in [0.4, 0.5) is 4.39 Å². The van der Waals surface area contributed by atoms with Crippen LogP contribution in [-0.2, 0) is 4.57 Å². The first kappa shape index (κ1) is 10.1. The summed E-state index contributed by atoms with van der Waals surface area (Å²) in [5.41, 5.74) is 0. The lowest BCUT2D eigenvalue weighted by atomic mass is 10.3. The lowest BCUT2D eigenvalue weighted by Gasteiger charge is -2.10. The highest BCUT2D eigenvalue weighted by Gasteiger charge is 2.18. The molecular weight excluding hydrogens is 198 g/mol. The lowest BCUT2D eigenvalue weighted by molar-refractivity contribution is 0.364. The van der Waals surface area contributed by atoms with E-state index in [4.69, 9.17) is 10.7 Å². The fourth-order valence-electron chi connectivity index (χ4n) is 0.693. The predicted octanol–water partition coefficient (Wildman–Crippen LogP) is 0.768. The van der Waals surface area contributed by atoms with Gasteiger partial charge in [0.25, 0.3) is 0 Å². The Morgan fingerprint density at radius 2 is 2.31 bits per heavy atom. The summed E-state index contributed by atoms with van der Waals surface area (Å²) in [5.74, 6) is 4.08. The van der Waals surface area contributed by atoms with Crippen molar-refractivity contribution >= 4 is 7.75 Å². The minimum absolute atomic E-state index is 0.0659. The molecule has 1 aromatic rings. The van der Waals surface area contributed by atoms with E-state index in [1.54, 1.807) is 5.20 Å². The highest BCUT2D eigenvalue weighted by atomic mass is 31.2. The summed E-state index contributed by atoms with van der Waals surface area (Å²) in [6.07, 6.45) is 0. The standard InChI is InChI=1S/C6H8FN2O3P/c7-5-2-1-3-6(4-5)12-13(10,11)9-8/h1-4H,8H2,(H2,9,10,11). The van der Waals surface area contributed by atoms with E-state index >= 15 is 0 Å². The molecule has 0 heterocycles. The van der Waals surface area contributed by atoms with Crippen LogP contribution in [0.15, 0.2) is 24.3 Å². The van der Waals surface area contributed by atoms with Crippen LogP contribution < -0.4 is 15.6 Å². The number of nitrogens with two attached hydrogens (primary N) is 1. The van der Waals surface area contributed by atoms with Crippen LogP contribution in [-0.4, -0.2) is 4.89 Å². The van der Waals surface area contributed by atoms with Crippen LogP contribution in [0.25, 0.3) is 0 Å². The van der Waals surface area contributed by atoms with Gasteiger partial charge in [0.15, 0.2) is 0 Å². The van der Waals surface area contributed by atoms with Crippen molar-refractivity contribution in [2.75, 3.05) is 0 Å². The van der Waals surface area contributed by atoms with Gasteiger partial charge < -0.3 is 9.42 Å². The first-order chi connectivity index (χ1) is 6.03. The van der Waals surface area contributed by atoms with Gasteiger partial charge in [-0.25, -0.2) is 8.96 Å². The molecule has 1 unspecified atom stereocenters. The minimum Gasteiger partial charge on any atom is -0.412 e. The number of rotatable bonds is 3. The molecule has 0 aliphatic heterocycles. The molecule has 72 valence electrons. The lowest BCUT2D eigenvalue weighted by Crippen LogP contribution is -2.20. The van der Waals surface area contributed by atoms with E-state index in [2.05, 4.69) is 4.52 Å². The van der Waals surface area contributed by atoms with E-state index in [0.717, 1.165) is 6.07 Å². The molecule has 4 N–H and O–H groups in total. The largest absolute Gasteiger partial charge is 0.469 e. The Balaban J connectivity index is 2.81. The molecule has 7 heteroatoms. The summed E-state index contributed by atoms with van der Waals surface area (Å²) < 4.78 is 27.8. The summed E-state index contributed by atoms with van der Waals surface area (Å²) in [6, 6.07) is 4.84. The SMILES string of the molecule is NNP(=O)(O)Oc1cccc(F)c1. The Bertz CT molecular complexity index is 346. The summed E-state index contributed by atoms with van der Waals surface area (Å²) in [5, 5.41) is 1.58. The maximum absolute atomic E-state index is 12.5. The quantitative estimate of drug-likeness (QED) is 0.386. The second-order valence-corrected chi connectivity index (χ2v) is 3.68. The van der Waals surface area contributed by atoms with Crippen LogP contribution in [0.1, 0.15) is 0 Å². The molecule has 5 nitrogen and oxygen atoms in total. The Hall–Kier alpha value is -0.940. The van der Waals surface area contributed by atoms with Gasteiger partial charge in [0.05, 0.1) is 0 Å². The summed E-state index contributed by atoms with van der Waals surface area (Å²) in [4.78, 5) is 8.84. The fourth-order valence-corrected chi connectivity index (χ4v) is 1.15. The maximum Gasteiger partial charge on any atom is 0.469 e. The van der Waals surface area contributed by atoms with Crippen LogP contribution in [0.2, 0.25) is 0 Å². The number of hydrazine groups is 1. The van der Waals surface area contributed by atoms with Gasteiger partial charge in [-0.3, -0.25) is 5.84 Å². The van der Waals surface area contributed by atoms with E-state index in [1.807, 2.05) is 0 Å². The second-order valence-electron chi connectivity index (χ2n) is 2.20. The average Bonchev–Trinajstić information content (AvgIpc) is 2.03. The molecular formula is C6H8FN2O3P. The molecule has 0 bridgehead atoms.